The maximum absolute atomic E-state index is 13.5. The van der Waals surface area contributed by atoms with Crippen molar-refractivity contribution in [1.82, 2.24) is 10.2 Å². The second kappa shape index (κ2) is 10.8. The molecule has 2 aromatic carbocycles. The summed E-state index contributed by atoms with van der Waals surface area (Å²) in [4.78, 5) is 37.7. The maximum atomic E-state index is 13.5. The highest BCUT2D eigenvalue weighted by Crippen LogP contribution is 2.16. The van der Waals surface area contributed by atoms with Gasteiger partial charge < -0.3 is 15.4 Å². The molecule has 3 N–H and O–H groups in total. The van der Waals surface area contributed by atoms with Gasteiger partial charge in [-0.1, -0.05) is 25.1 Å². The van der Waals surface area contributed by atoms with Gasteiger partial charge in [-0.05, 0) is 30.8 Å². The minimum absolute atomic E-state index is 0.0391. The van der Waals surface area contributed by atoms with Gasteiger partial charge in [0.25, 0.3) is 0 Å². The number of para-hydroxylation sites is 1. The van der Waals surface area contributed by atoms with E-state index < -0.39 is 17.8 Å². The average Bonchev–Trinajstić information content (AvgIpc) is 2.69. The van der Waals surface area contributed by atoms with E-state index in [0.29, 0.717) is 18.0 Å². The lowest BCUT2D eigenvalue weighted by atomic mass is 10.3. The lowest BCUT2D eigenvalue weighted by molar-refractivity contribution is -0.122. The molecule has 29 heavy (non-hydrogen) atoms. The van der Waals surface area contributed by atoms with E-state index in [1.54, 1.807) is 42.2 Å². The first kappa shape index (κ1) is 21.8. The summed E-state index contributed by atoms with van der Waals surface area (Å²) in [6, 6.07) is 11.7. The number of likely N-dealkylation sites (N-methyl/N-ethyl adjacent to an activating group) is 1. The Bertz CT molecular complexity index is 875. The average molecular weight is 402 g/mol. The topological polar surface area (TPSA) is 99.8 Å². The van der Waals surface area contributed by atoms with Crippen LogP contribution in [0, 0.1) is 5.82 Å². The third kappa shape index (κ3) is 7.23. The molecule has 0 aliphatic rings. The summed E-state index contributed by atoms with van der Waals surface area (Å²) in [5, 5.41) is 7.10. The number of hydrogen-bond donors (Lipinski definition) is 3. The fraction of sp³-hybridized carbons (Fsp3) is 0.250. The van der Waals surface area contributed by atoms with Gasteiger partial charge in [0.15, 0.2) is 0 Å². The molecule has 0 aromatic heterocycles. The number of nitrogens with zero attached hydrogens (tertiary/aromatic N) is 1. The van der Waals surface area contributed by atoms with Gasteiger partial charge >= 0.3 is 6.03 Å². The Kier molecular flexibility index (Phi) is 8.11. The monoisotopic (exact) mass is 402 g/mol. The molecule has 9 heteroatoms. The number of carbonyl (C=O) groups excluding carboxylic acids is 3. The number of carbonyl (C=O) groups is 3. The summed E-state index contributed by atoms with van der Waals surface area (Å²) in [5.74, 6) is -0.937. The van der Waals surface area contributed by atoms with E-state index >= 15 is 0 Å². The lowest BCUT2D eigenvalue weighted by Crippen LogP contribution is -2.44. The van der Waals surface area contributed by atoms with Crippen molar-refractivity contribution in [2.45, 2.75) is 6.92 Å². The molecule has 0 unspecified atom stereocenters. The van der Waals surface area contributed by atoms with Gasteiger partial charge in [0.05, 0.1) is 25.9 Å². The van der Waals surface area contributed by atoms with Gasteiger partial charge in [-0.15, -0.1) is 0 Å². The van der Waals surface area contributed by atoms with Gasteiger partial charge in [-0.3, -0.25) is 19.8 Å². The highest BCUT2D eigenvalue weighted by molar-refractivity contribution is 6.02. The molecular weight excluding hydrogens is 379 g/mol. The number of amides is 4. The van der Waals surface area contributed by atoms with Gasteiger partial charge in [-0.25, -0.2) is 9.18 Å². The molecule has 0 saturated carbocycles. The first-order valence-electron chi connectivity index (χ1n) is 8.93. The molecular formula is C20H23FN4O4. The zero-order valence-corrected chi connectivity index (χ0v) is 16.2. The molecule has 0 fully saturated rings. The summed E-state index contributed by atoms with van der Waals surface area (Å²) in [6.07, 6.45) is 0. The molecule has 2 rings (SSSR count). The third-order valence-corrected chi connectivity index (χ3v) is 3.91. The predicted molar refractivity (Wildman–Crippen MR) is 107 cm³/mol. The summed E-state index contributed by atoms with van der Waals surface area (Å²) in [6.45, 7) is 1.97. The maximum Gasteiger partial charge on any atom is 0.326 e. The fourth-order valence-electron chi connectivity index (χ4n) is 2.47. The molecule has 8 nitrogen and oxygen atoms in total. The van der Waals surface area contributed by atoms with Crippen LogP contribution in [0.2, 0.25) is 0 Å². The Morgan fingerprint density at radius 3 is 2.41 bits per heavy atom. The minimum Gasteiger partial charge on any atom is -0.497 e. The molecule has 0 radical (unpaired) electrons. The second-order valence-electron chi connectivity index (χ2n) is 6.07. The number of halogens is 1. The first-order valence-corrected chi connectivity index (χ1v) is 8.93. The van der Waals surface area contributed by atoms with Gasteiger partial charge in [-0.2, -0.15) is 0 Å². The standard InChI is InChI=1S/C20H23FN4O4/c1-3-25(12-18(26)22-14-7-6-8-15(11-14)29-2)13-19(27)24-20(28)23-17-10-5-4-9-16(17)21/h4-11H,3,12-13H2,1-2H3,(H,22,26)(H2,23,24,27,28). The minimum atomic E-state index is -0.850. The van der Waals surface area contributed by atoms with E-state index in [1.165, 1.54) is 25.3 Å². The molecule has 0 spiro atoms. The number of rotatable bonds is 8. The quantitative estimate of drug-likeness (QED) is 0.630. The predicted octanol–water partition coefficient (Wildman–Crippen LogP) is 2.44. The van der Waals surface area contributed by atoms with Gasteiger partial charge in [0, 0.05) is 11.8 Å². The van der Waals surface area contributed by atoms with Crippen LogP contribution < -0.4 is 20.7 Å². The molecule has 0 aliphatic heterocycles. The van der Waals surface area contributed by atoms with Crippen LogP contribution in [0.3, 0.4) is 0 Å². The van der Waals surface area contributed by atoms with E-state index in [1.807, 2.05) is 0 Å². The number of imide groups is 1. The van der Waals surface area contributed by atoms with E-state index in [0.717, 1.165) is 0 Å². The molecule has 0 atom stereocenters. The molecule has 2 aromatic rings. The molecule has 0 aliphatic carbocycles. The van der Waals surface area contributed by atoms with E-state index in [2.05, 4.69) is 16.0 Å². The fourth-order valence-corrected chi connectivity index (χ4v) is 2.47. The Balaban J connectivity index is 1.83. The van der Waals surface area contributed by atoms with Crippen LogP contribution in [0.4, 0.5) is 20.6 Å². The van der Waals surface area contributed by atoms with E-state index in [9.17, 15) is 18.8 Å². The SMILES string of the molecule is CCN(CC(=O)NC(=O)Nc1ccccc1F)CC(=O)Nc1cccc(OC)c1. The van der Waals surface area contributed by atoms with Crippen molar-refractivity contribution >= 4 is 29.2 Å². The summed E-state index contributed by atoms with van der Waals surface area (Å²) in [7, 11) is 1.53. The van der Waals surface area contributed by atoms with Crippen LogP contribution in [0.5, 0.6) is 5.75 Å². The Hall–Kier alpha value is -3.46. The van der Waals surface area contributed by atoms with Gasteiger partial charge in [0.2, 0.25) is 11.8 Å². The molecule has 4 amide bonds. The van der Waals surface area contributed by atoms with Crippen LogP contribution in [-0.4, -0.2) is 49.5 Å². The van der Waals surface area contributed by atoms with Crippen molar-refractivity contribution in [3.05, 3.63) is 54.3 Å². The zero-order valence-electron chi connectivity index (χ0n) is 16.2. The summed E-state index contributed by atoms with van der Waals surface area (Å²) >= 11 is 0. The highest BCUT2D eigenvalue weighted by atomic mass is 19.1. The first-order chi connectivity index (χ1) is 13.9. The van der Waals surface area contributed by atoms with E-state index in [4.69, 9.17) is 4.74 Å². The lowest BCUT2D eigenvalue weighted by Gasteiger charge is -2.19. The zero-order chi connectivity index (χ0) is 21.2. The number of benzene rings is 2. The Labute approximate surface area is 168 Å². The van der Waals surface area contributed by atoms with E-state index in [-0.39, 0.29) is 24.7 Å². The summed E-state index contributed by atoms with van der Waals surface area (Å²) in [5.41, 5.74) is 0.530. The molecule has 0 saturated heterocycles. The number of anilines is 2. The number of urea groups is 1. The second-order valence-corrected chi connectivity index (χ2v) is 6.07. The van der Waals surface area contributed by atoms with Crippen molar-refractivity contribution in [2.24, 2.45) is 0 Å². The smallest absolute Gasteiger partial charge is 0.326 e. The van der Waals surface area contributed by atoms with Crippen LogP contribution in [0.25, 0.3) is 0 Å². The Morgan fingerprint density at radius 2 is 1.72 bits per heavy atom. The Morgan fingerprint density at radius 1 is 1.00 bits per heavy atom. The van der Waals surface area contributed by atoms with Crippen LogP contribution in [0.15, 0.2) is 48.5 Å². The van der Waals surface area contributed by atoms with Gasteiger partial charge in [0.1, 0.15) is 11.6 Å². The van der Waals surface area contributed by atoms with Crippen LogP contribution in [-0.2, 0) is 9.59 Å². The van der Waals surface area contributed by atoms with Crippen molar-refractivity contribution in [2.75, 3.05) is 37.4 Å². The van der Waals surface area contributed by atoms with Crippen molar-refractivity contribution in [1.29, 1.82) is 0 Å². The number of nitrogens with one attached hydrogen (secondary N) is 3. The molecule has 0 bridgehead atoms. The van der Waals surface area contributed by atoms with Crippen LogP contribution in [0.1, 0.15) is 6.92 Å². The van der Waals surface area contributed by atoms with Crippen molar-refractivity contribution < 1.29 is 23.5 Å². The molecule has 154 valence electrons. The van der Waals surface area contributed by atoms with Crippen molar-refractivity contribution in [3.8, 4) is 5.75 Å². The summed E-state index contributed by atoms with van der Waals surface area (Å²) < 4.78 is 18.6. The molecule has 0 heterocycles. The highest BCUT2D eigenvalue weighted by Gasteiger charge is 2.16. The number of methoxy groups -OCH3 is 1. The largest absolute Gasteiger partial charge is 0.497 e. The number of ether oxygens (including phenoxy) is 1. The third-order valence-electron chi connectivity index (χ3n) is 3.91. The normalized spacial score (nSPS) is 10.3. The van der Waals surface area contributed by atoms with Crippen molar-refractivity contribution in [3.63, 3.8) is 0 Å². The van der Waals surface area contributed by atoms with Crippen LogP contribution >= 0.6 is 0 Å². The number of hydrogen-bond acceptors (Lipinski definition) is 5.